The Morgan fingerprint density at radius 1 is 1.53 bits per heavy atom. The lowest BCUT2D eigenvalue weighted by atomic mass is 9.80. The van der Waals surface area contributed by atoms with Gasteiger partial charge < -0.3 is 10.4 Å². The molecule has 0 amide bonds. The van der Waals surface area contributed by atoms with Crippen LogP contribution in [0.1, 0.15) is 19.3 Å². The summed E-state index contributed by atoms with van der Waals surface area (Å²) in [5, 5.41) is 23.7. The van der Waals surface area contributed by atoms with Crippen molar-refractivity contribution >= 4 is 34.0 Å². The van der Waals surface area contributed by atoms with Crippen LogP contribution in [0.4, 0.5) is 11.4 Å². The molecule has 0 aromatic heterocycles. The van der Waals surface area contributed by atoms with E-state index in [0.717, 1.165) is 24.9 Å². The van der Waals surface area contributed by atoms with Gasteiger partial charge in [-0.15, -0.1) is 0 Å². The Morgan fingerprint density at radius 3 is 2.71 bits per heavy atom. The Hall–Kier alpha value is -0.890. The van der Waals surface area contributed by atoms with Crippen molar-refractivity contribution in [3.8, 4) is 0 Å². The Balaban J connectivity index is 2.02. The standard InChI is InChI=1S/C11H13IN2O3/c12-9-6-8(2-3-10(9)14(16)17)13-7-11(15)4-1-5-11/h2-3,6,13,15H,1,4-5,7H2. The molecule has 0 heterocycles. The number of benzene rings is 1. The quantitative estimate of drug-likeness (QED) is 0.498. The number of rotatable bonds is 4. The van der Waals surface area contributed by atoms with Gasteiger partial charge in [0.25, 0.3) is 5.69 Å². The Morgan fingerprint density at radius 2 is 2.24 bits per heavy atom. The first-order chi connectivity index (χ1) is 8.00. The monoisotopic (exact) mass is 348 g/mol. The van der Waals surface area contributed by atoms with Crippen molar-refractivity contribution in [1.29, 1.82) is 0 Å². The molecule has 1 aliphatic carbocycles. The fraction of sp³-hybridized carbons (Fsp3) is 0.455. The number of nitro groups is 1. The highest BCUT2D eigenvalue weighted by Crippen LogP contribution is 2.32. The summed E-state index contributed by atoms with van der Waals surface area (Å²) in [6, 6.07) is 4.87. The van der Waals surface area contributed by atoms with Gasteiger partial charge in [-0.1, -0.05) is 0 Å². The summed E-state index contributed by atoms with van der Waals surface area (Å²) in [5.74, 6) is 0. The summed E-state index contributed by atoms with van der Waals surface area (Å²) in [6.45, 7) is 0.501. The highest BCUT2D eigenvalue weighted by atomic mass is 127. The highest BCUT2D eigenvalue weighted by Gasteiger charge is 2.33. The molecule has 1 saturated carbocycles. The van der Waals surface area contributed by atoms with E-state index in [2.05, 4.69) is 5.32 Å². The molecule has 1 aliphatic rings. The van der Waals surface area contributed by atoms with Gasteiger partial charge in [-0.3, -0.25) is 10.1 Å². The fourth-order valence-electron chi connectivity index (χ4n) is 1.79. The van der Waals surface area contributed by atoms with Gasteiger partial charge in [0, 0.05) is 18.3 Å². The van der Waals surface area contributed by atoms with E-state index in [0.29, 0.717) is 10.1 Å². The first-order valence-corrected chi connectivity index (χ1v) is 6.48. The molecule has 1 aromatic rings. The minimum absolute atomic E-state index is 0.110. The molecule has 1 fully saturated rings. The Labute approximate surface area is 113 Å². The molecule has 0 atom stereocenters. The van der Waals surface area contributed by atoms with Crippen LogP contribution in [0.3, 0.4) is 0 Å². The molecule has 2 N–H and O–H groups in total. The van der Waals surface area contributed by atoms with E-state index in [1.807, 2.05) is 22.6 Å². The maximum atomic E-state index is 10.6. The number of hydrogen-bond acceptors (Lipinski definition) is 4. The number of halogens is 1. The van der Waals surface area contributed by atoms with E-state index in [9.17, 15) is 15.2 Å². The maximum absolute atomic E-state index is 10.6. The highest BCUT2D eigenvalue weighted by molar-refractivity contribution is 14.1. The predicted molar refractivity (Wildman–Crippen MR) is 73.1 cm³/mol. The lowest BCUT2D eigenvalue weighted by Crippen LogP contribution is -2.43. The lowest BCUT2D eigenvalue weighted by molar-refractivity contribution is -0.385. The molecule has 0 saturated heterocycles. The first-order valence-electron chi connectivity index (χ1n) is 5.40. The van der Waals surface area contributed by atoms with E-state index in [1.165, 1.54) is 6.07 Å². The molecule has 0 bridgehead atoms. The van der Waals surface area contributed by atoms with Gasteiger partial charge in [-0.25, -0.2) is 0 Å². The number of nitro benzene ring substituents is 1. The van der Waals surface area contributed by atoms with E-state index in [1.54, 1.807) is 12.1 Å². The average Bonchev–Trinajstić information content (AvgIpc) is 2.23. The van der Waals surface area contributed by atoms with Gasteiger partial charge in [0.1, 0.15) is 0 Å². The molecule has 0 unspecified atom stereocenters. The molecule has 6 heteroatoms. The van der Waals surface area contributed by atoms with Gasteiger partial charge in [0.05, 0.1) is 14.1 Å². The summed E-state index contributed by atoms with van der Waals surface area (Å²) in [4.78, 5) is 10.2. The molecule has 0 aliphatic heterocycles. The fourth-order valence-corrected chi connectivity index (χ4v) is 2.51. The second-order valence-corrected chi connectivity index (χ2v) is 5.52. The molecular weight excluding hydrogens is 335 g/mol. The summed E-state index contributed by atoms with van der Waals surface area (Å²) in [6.07, 6.45) is 2.71. The summed E-state index contributed by atoms with van der Waals surface area (Å²) < 4.78 is 0.596. The zero-order valence-corrected chi connectivity index (χ0v) is 11.3. The van der Waals surface area contributed by atoms with Crippen molar-refractivity contribution < 1.29 is 10.0 Å². The van der Waals surface area contributed by atoms with E-state index in [4.69, 9.17) is 0 Å². The molecule has 17 heavy (non-hydrogen) atoms. The molecule has 92 valence electrons. The topological polar surface area (TPSA) is 75.4 Å². The Kier molecular flexibility index (Phi) is 3.53. The van der Waals surface area contributed by atoms with Crippen LogP contribution in [0.5, 0.6) is 0 Å². The average molecular weight is 348 g/mol. The van der Waals surface area contributed by atoms with Crippen LogP contribution >= 0.6 is 22.6 Å². The third-order valence-corrected chi connectivity index (χ3v) is 3.91. The predicted octanol–water partition coefficient (Wildman–Crippen LogP) is 2.53. The van der Waals surface area contributed by atoms with Crippen molar-refractivity contribution in [1.82, 2.24) is 0 Å². The van der Waals surface area contributed by atoms with Crippen LogP contribution in [0.15, 0.2) is 18.2 Å². The van der Waals surface area contributed by atoms with Crippen LogP contribution in [-0.2, 0) is 0 Å². The third-order valence-electron chi connectivity index (χ3n) is 3.05. The van der Waals surface area contributed by atoms with Crippen LogP contribution in [0.25, 0.3) is 0 Å². The second-order valence-electron chi connectivity index (χ2n) is 4.35. The number of aliphatic hydroxyl groups is 1. The van der Waals surface area contributed by atoms with Gasteiger partial charge in [-0.05, 0) is 54.0 Å². The summed E-state index contributed by atoms with van der Waals surface area (Å²) in [5.41, 5.74) is 0.326. The van der Waals surface area contributed by atoms with Crippen LogP contribution in [0.2, 0.25) is 0 Å². The largest absolute Gasteiger partial charge is 0.388 e. The summed E-state index contributed by atoms with van der Waals surface area (Å²) >= 11 is 1.94. The zero-order valence-electron chi connectivity index (χ0n) is 9.15. The van der Waals surface area contributed by atoms with Crippen LogP contribution in [0, 0.1) is 13.7 Å². The van der Waals surface area contributed by atoms with Crippen molar-refractivity contribution in [2.24, 2.45) is 0 Å². The van der Waals surface area contributed by atoms with Gasteiger partial charge in [0.15, 0.2) is 0 Å². The molecular formula is C11H13IN2O3. The lowest BCUT2D eigenvalue weighted by Gasteiger charge is -2.36. The van der Waals surface area contributed by atoms with Crippen molar-refractivity contribution in [3.63, 3.8) is 0 Å². The van der Waals surface area contributed by atoms with Crippen molar-refractivity contribution in [2.45, 2.75) is 24.9 Å². The van der Waals surface area contributed by atoms with E-state index >= 15 is 0 Å². The number of anilines is 1. The van der Waals surface area contributed by atoms with Gasteiger partial charge >= 0.3 is 0 Å². The zero-order chi connectivity index (χ0) is 12.5. The van der Waals surface area contributed by atoms with Crippen LogP contribution < -0.4 is 5.32 Å². The van der Waals surface area contributed by atoms with Crippen molar-refractivity contribution in [2.75, 3.05) is 11.9 Å². The van der Waals surface area contributed by atoms with Gasteiger partial charge in [-0.2, -0.15) is 0 Å². The molecule has 1 aromatic carbocycles. The third kappa shape index (κ3) is 2.86. The first kappa shape index (κ1) is 12.6. The van der Waals surface area contributed by atoms with E-state index in [-0.39, 0.29) is 5.69 Å². The number of hydrogen-bond donors (Lipinski definition) is 2. The number of nitrogens with one attached hydrogen (secondary N) is 1. The molecule has 0 spiro atoms. The normalized spacial score (nSPS) is 17.3. The minimum Gasteiger partial charge on any atom is -0.388 e. The SMILES string of the molecule is O=[N+]([O-])c1ccc(NCC2(O)CCC2)cc1I. The van der Waals surface area contributed by atoms with E-state index < -0.39 is 10.5 Å². The number of nitrogens with zero attached hydrogens (tertiary/aromatic N) is 1. The Bertz CT molecular complexity index is 446. The molecule has 5 nitrogen and oxygen atoms in total. The maximum Gasteiger partial charge on any atom is 0.282 e. The minimum atomic E-state index is -0.590. The smallest absolute Gasteiger partial charge is 0.282 e. The molecule has 2 rings (SSSR count). The van der Waals surface area contributed by atoms with Gasteiger partial charge in [0.2, 0.25) is 0 Å². The summed E-state index contributed by atoms with van der Waals surface area (Å²) in [7, 11) is 0. The van der Waals surface area contributed by atoms with Crippen molar-refractivity contribution in [3.05, 3.63) is 31.9 Å². The molecule has 0 radical (unpaired) electrons. The van der Waals surface area contributed by atoms with Crippen LogP contribution in [-0.4, -0.2) is 22.2 Å². The second kappa shape index (κ2) is 4.77.